The summed E-state index contributed by atoms with van der Waals surface area (Å²) in [6.07, 6.45) is 2.95. The summed E-state index contributed by atoms with van der Waals surface area (Å²) in [5.41, 5.74) is 12.7. The van der Waals surface area contributed by atoms with Crippen molar-refractivity contribution in [3.8, 4) is 5.69 Å². The molecule has 0 saturated heterocycles. The molecule has 0 aliphatic rings. The Kier molecular flexibility index (Phi) is 2.38. The number of hydrogen-bond acceptors (Lipinski definition) is 5. The number of amides is 1. The van der Waals surface area contributed by atoms with Crippen molar-refractivity contribution in [3.05, 3.63) is 42.4 Å². The van der Waals surface area contributed by atoms with Crippen LogP contribution in [0.25, 0.3) is 16.7 Å². The fourth-order valence-corrected chi connectivity index (χ4v) is 1.84. The minimum Gasteiger partial charge on any atom is -0.383 e. The van der Waals surface area contributed by atoms with Crippen LogP contribution < -0.4 is 11.5 Å². The van der Waals surface area contributed by atoms with E-state index in [2.05, 4.69) is 15.1 Å². The molecule has 0 aliphatic heterocycles. The van der Waals surface area contributed by atoms with E-state index in [1.54, 1.807) is 35.1 Å². The van der Waals surface area contributed by atoms with Crippen molar-refractivity contribution in [1.29, 1.82) is 0 Å². The fraction of sp³-hybridized carbons (Fsp3) is 0. The molecule has 0 unspecified atom stereocenters. The third-order valence-electron chi connectivity index (χ3n) is 2.77. The molecule has 19 heavy (non-hydrogen) atoms. The van der Waals surface area contributed by atoms with E-state index in [0.717, 1.165) is 0 Å². The number of carbonyl (C=O) groups excluding carboxylic acids is 1. The first kappa shape index (κ1) is 11.1. The highest BCUT2D eigenvalue weighted by atomic mass is 16.1. The summed E-state index contributed by atoms with van der Waals surface area (Å²) in [6, 6.07) is 6.82. The second-order valence-electron chi connectivity index (χ2n) is 3.97. The first-order valence-corrected chi connectivity index (χ1v) is 5.51. The smallest absolute Gasteiger partial charge is 0.248 e. The summed E-state index contributed by atoms with van der Waals surface area (Å²) in [7, 11) is 0. The molecular formula is C12H10N6O. The zero-order valence-corrected chi connectivity index (χ0v) is 9.82. The lowest BCUT2D eigenvalue weighted by molar-refractivity contribution is 0.100. The third-order valence-corrected chi connectivity index (χ3v) is 2.77. The molecule has 2 heterocycles. The number of nitrogen functional groups attached to an aromatic ring is 1. The Labute approximate surface area is 107 Å². The number of nitrogens with zero attached hydrogens (tertiary/aromatic N) is 4. The van der Waals surface area contributed by atoms with Crippen LogP contribution in [0.15, 0.2) is 36.8 Å². The molecule has 0 aliphatic carbocycles. The van der Waals surface area contributed by atoms with Gasteiger partial charge in [0.15, 0.2) is 5.65 Å². The van der Waals surface area contributed by atoms with Gasteiger partial charge in [-0.15, -0.1) is 0 Å². The van der Waals surface area contributed by atoms with Crippen molar-refractivity contribution in [3.63, 3.8) is 0 Å². The van der Waals surface area contributed by atoms with Gasteiger partial charge in [0, 0.05) is 5.56 Å². The lowest BCUT2D eigenvalue weighted by atomic mass is 10.2. The van der Waals surface area contributed by atoms with Crippen LogP contribution in [0.4, 0.5) is 5.82 Å². The molecule has 94 valence electrons. The van der Waals surface area contributed by atoms with E-state index in [4.69, 9.17) is 11.5 Å². The third kappa shape index (κ3) is 1.77. The molecular weight excluding hydrogens is 244 g/mol. The van der Waals surface area contributed by atoms with Crippen LogP contribution >= 0.6 is 0 Å². The molecule has 7 heteroatoms. The highest BCUT2D eigenvalue weighted by Crippen LogP contribution is 2.19. The van der Waals surface area contributed by atoms with Crippen LogP contribution in [0, 0.1) is 0 Å². The second-order valence-corrected chi connectivity index (χ2v) is 3.97. The Morgan fingerprint density at radius 1 is 1.26 bits per heavy atom. The quantitative estimate of drug-likeness (QED) is 0.691. The first-order chi connectivity index (χ1) is 9.16. The topological polar surface area (TPSA) is 113 Å². The lowest BCUT2D eigenvalue weighted by Crippen LogP contribution is -2.11. The Balaban J connectivity index is 2.22. The number of carbonyl (C=O) groups is 1. The second kappa shape index (κ2) is 4.05. The molecule has 0 spiro atoms. The summed E-state index contributed by atoms with van der Waals surface area (Å²) < 4.78 is 1.58. The van der Waals surface area contributed by atoms with Gasteiger partial charge in [0.2, 0.25) is 5.91 Å². The maximum absolute atomic E-state index is 11.2. The number of aromatic nitrogens is 4. The Morgan fingerprint density at radius 3 is 2.89 bits per heavy atom. The average Bonchev–Trinajstić information content (AvgIpc) is 2.84. The van der Waals surface area contributed by atoms with E-state index in [9.17, 15) is 4.79 Å². The van der Waals surface area contributed by atoms with E-state index in [-0.39, 0.29) is 0 Å². The minimum atomic E-state index is -0.493. The Morgan fingerprint density at radius 2 is 2.11 bits per heavy atom. The van der Waals surface area contributed by atoms with E-state index in [1.807, 2.05) is 0 Å². The molecule has 1 aromatic carbocycles. The summed E-state index contributed by atoms with van der Waals surface area (Å²) in [4.78, 5) is 19.2. The zero-order chi connectivity index (χ0) is 13.4. The number of fused-ring (bicyclic) bond motifs is 1. The summed E-state index contributed by atoms with van der Waals surface area (Å²) in [6.45, 7) is 0. The SMILES string of the molecule is NC(=O)c1cccc(-n2ncc3c(N)ncnc32)c1. The molecule has 0 atom stereocenters. The van der Waals surface area contributed by atoms with Crippen molar-refractivity contribution in [2.24, 2.45) is 5.73 Å². The molecule has 4 N–H and O–H groups in total. The van der Waals surface area contributed by atoms with Gasteiger partial charge in [-0.25, -0.2) is 14.6 Å². The first-order valence-electron chi connectivity index (χ1n) is 5.51. The van der Waals surface area contributed by atoms with Crippen LogP contribution in [0.2, 0.25) is 0 Å². The van der Waals surface area contributed by atoms with Crippen LogP contribution in [-0.4, -0.2) is 25.7 Å². The van der Waals surface area contributed by atoms with Gasteiger partial charge in [-0.3, -0.25) is 4.79 Å². The van der Waals surface area contributed by atoms with Gasteiger partial charge >= 0.3 is 0 Å². The highest BCUT2D eigenvalue weighted by molar-refractivity contribution is 5.93. The molecule has 0 fully saturated rings. The fourth-order valence-electron chi connectivity index (χ4n) is 1.84. The van der Waals surface area contributed by atoms with Gasteiger partial charge in [-0.2, -0.15) is 5.10 Å². The number of primary amides is 1. The molecule has 1 amide bonds. The maximum atomic E-state index is 11.2. The predicted molar refractivity (Wildman–Crippen MR) is 69.6 cm³/mol. The van der Waals surface area contributed by atoms with Crippen molar-refractivity contribution < 1.29 is 4.79 Å². The molecule has 3 aromatic rings. The molecule has 0 bridgehead atoms. The molecule has 2 aromatic heterocycles. The van der Waals surface area contributed by atoms with Crippen molar-refractivity contribution in [1.82, 2.24) is 19.7 Å². The normalized spacial score (nSPS) is 10.7. The van der Waals surface area contributed by atoms with Crippen LogP contribution in [0.1, 0.15) is 10.4 Å². The van der Waals surface area contributed by atoms with Gasteiger partial charge in [0.25, 0.3) is 0 Å². The van der Waals surface area contributed by atoms with Gasteiger partial charge in [0.05, 0.1) is 17.3 Å². The number of hydrogen-bond donors (Lipinski definition) is 2. The Hall–Kier alpha value is -2.96. The number of anilines is 1. The highest BCUT2D eigenvalue weighted by Gasteiger charge is 2.10. The summed E-state index contributed by atoms with van der Waals surface area (Å²) >= 11 is 0. The number of rotatable bonds is 2. The minimum absolute atomic E-state index is 0.363. The van der Waals surface area contributed by atoms with Gasteiger partial charge in [-0.05, 0) is 18.2 Å². The van der Waals surface area contributed by atoms with Gasteiger partial charge in [0.1, 0.15) is 12.1 Å². The van der Waals surface area contributed by atoms with Crippen LogP contribution in [0.5, 0.6) is 0 Å². The molecule has 0 radical (unpaired) electrons. The average molecular weight is 254 g/mol. The zero-order valence-electron chi connectivity index (χ0n) is 9.82. The standard InChI is InChI=1S/C12H10N6O/c13-10-9-5-17-18(12(9)16-6-15-10)8-3-1-2-7(4-8)11(14)19/h1-6H,(H2,14,19)(H2,13,15,16). The van der Waals surface area contributed by atoms with Crippen molar-refractivity contribution in [2.45, 2.75) is 0 Å². The summed E-state index contributed by atoms with van der Waals surface area (Å²) in [5, 5.41) is 4.87. The van der Waals surface area contributed by atoms with Gasteiger partial charge in [-0.1, -0.05) is 6.07 Å². The van der Waals surface area contributed by atoms with Crippen LogP contribution in [-0.2, 0) is 0 Å². The van der Waals surface area contributed by atoms with Gasteiger partial charge < -0.3 is 11.5 Å². The Bertz CT molecular complexity index is 779. The number of nitrogens with two attached hydrogens (primary N) is 2. The maximum Gasteiger partial charge on any atom is 0.248 e. The van der Waals surface area contributed by atoms with Crippen molar-refractivity contribution >= 4 is 22.8 Å². The van der Waals surface area contributed by atoms with E-state index >= 15 is 0 Å². The number of benzene rings is 1. The van der Waals surface area contributed by atoms with Crippen molar-refractivity contribution in [2.75, 3.05) is 5.73 Å². The van der Waals surface area contributed by atoms with E-state index in [0.29, 0.717) is 28.1 Å². The largest absolute Gasteiger partial charge is 0.383 e. The summed E-state index contributed by atoms with van der Waals surface area (Å²) in [5.74, 6) is -0.130. The monoisotopic (exact) mass is 254 g/mol. The van der Waals surface area contributed by atoms with Crippen LogP contribution in [0.3, 0.4) is 0 Å². The molecule has 3 rings (SSSR count). The molecule has 7 nitrogen and oxygen atoms in total. The lowest BCUT2D eigenvalue weighted by Gasteiger charge is -2.04. The predicted octanol–water partition coefficient (Wildman–Crippen LogP) is 0.497. The van der Waals surface area contributed by atoms with E-state index in [1.165, 1.54) is 6.33 Å². The van der Waals surface area contributed by atoms with E-state index < -0.39 is 5.91 Å². The molecule has 0 saturated carbocycles.